The van der Waals surface area contributed by atoms with Crippen molar-refractivity contribution in [3.05, 3.63) is 42.0 Å². The van der Waals surface area contributed by atoms with Crippen molar-refractivity contribution in [1.29, 1.82) is 5.26 Å². The third-order valence-electron chi connectivity index (χ3n) is 3.37. The molecule has 0 aromatic heterocycles. The monoisotopic (exact) mass is 256 g/mol. The van der Waals surface area contributed by atoms with E-state index in [0.717, 1.165) is 24.8 Å². The van der Waals surface area contributed by atoms with E-state index in [0.29, 0.717) is 0 Å². The number of nitrogens with one attached hydrogen (secondary N) is 1. The Labute approximate surface area is 114 Å². The minimum atomic E-state index is 0.104. The molecule has 1 aliphatic rings. The first-order chi connectivity index (χ1) is 9.38. The van der Waals surface area contributed by atoms with Gasteiger partial charge in [-0.15, -0.1) is 0 Å². The van der Waals surface area contributed by atoms with E-state index in [2.05, 4.69) is 17.5 Å². The third kappa shape index (κ3) is 4.76. The van der Waals surface area contributed by atoms with E-state index in [-0.39, 0.29) is 6.61 Å². The van der Waals surface area contributed by atoms with Gasteiger partial charge in [0.15, 0.2) is 6.61 Å². The average molecular weight is 256 g/mol. The zero-order valence-corrected chi connectivity index (χ0v) is 11.1. The number of rotatable bonds is 6. The quantitative estimate of drug-likeness (QED) is 0.796. The van der Waals surface area contributed by atoms with Crippen LogP contribution in [0.3, 0.4) is 0 Å². The van der Waals surface area contributed by atoms with Crippen molar-refractivity contribution in [2.75, 3.05) is 13.2 Å². The molecular formula is C16H20N2O. The number of hydrogen-bond acceptors (Lipinski definition) is 3. The fraction of sp³-hybridized carbons (Fsp3) is 0.438. The van der Waals surface area contributed by atoms with Gasteiger partial charge in [0.25, 0.3) is 0 Å². The highest BCUT2D eigenvalue weighted by Crippen LogP contribution is 2.17. The summed E-state index contributed by atoms with van der Waals surface area (Å²) in [6, 6.07) is 9.87. The Morgan fingerprint density at radius 2 is 2.11 bits per heavy atom. The summed E-state index contributed by atoms with van der Waals surface area (Å²) in [7, 11) is 0. The van der Waals surface area contributed by atoms with Crippen molar-refractivity contribution in [2.45, 2.75) is 25.8 Å². The number of ether oxygens (including phenoxy) is 1. The maximum absolute atomic E-state index is 8.43. The smallest absolute Gasteiger partial charge is 0.174 e. The van der Waals surface area contributed by atoms with Gasteiger partial charge in [0.1, 0.15) is 11.8 Å². The average Bonchev–Trinajstić information content (AvgIpc) is 2.47. The van der Waals surface area contributed by atoms with Crippen LogP contribution in [-0.2, 0) is 6.54 Å². The lowest BCUT2D eigenvalue weighted by Crippen LogP contribution is -2.23. The Morgan fingerprint density at radius 1 is 1.26 bits per heavy atom. The molecule has 1 aliphatic carbocycles. The summed E-state index contributed by atoms with van der Waals surface area (Å²) in [6.45, 7) is 2.07. The van der Waals surface area contributed by atoms with Crippen molar-refractivity contribution < 1.29 is 4.74 Å². The van der Waals surface area contributed by atoms with Gasteiger partial charge in [-0.2, -0.15) is 5.26 Å². The van der Waals surface area contributed by atoms with Crippen LogP contribution in [0, 0.1) is 17.2 Å². The first-order valence-corrected chi connectivity index (χ1v) is 6.83. The van der Waals surface area contributed by atoms with Gasteiger partial charge in [-0.05, 0) is 49.4 Å². The lowest BCUT2D eigenvalue weighted by molar-refractivity contribution is 0.368. The number of allylic oxidation sites excluding steroid dienone is 2. The Bertz CT molecular complexity index is 445. The van der Waals surface area contributed by atoms with Gasteiger partial charge in [-0.1, -0.05) is 24.3 Å². The van der Waals surface area contributed by atoms with Crippen LogP contribution in [-0.4, -0.2) is 13.2 Å². The minimum Gasteiger partial charge on any atom is -0.479 e. The van der Waals surface area contributed by atoms with Gasteiger partial charge >= 0.3 is 0 Å². The summed E-state index contributed by atoms with van der Waals surface area (Å²) < 4.78 is 5.22. The van der Waals surface area contributed by atoms with Gasteiger partial charge in [0.05, 0.1) is 0 Å². The Morgan fingerprint density at radius 3 is 2.79 bits per heavy atom. The highest BCUT2D eigenvalue weighted by molar-refractivity contribution is 5.27. The van der Waals surface area contributed by atoms with Gasteiger partial charge in [-0.25, -0.2) is 0 Å². The summed E-state index contributed by atoms with van der Waals surface area (Å²) in [4.78, 5) is 0. The van der Waals surface area contributed by atoms with Crippen LogP contribution in [0.2, 0.25) is 0 Å². The number of nitrogens with zero attached hydrogens (tertiary/aromatic N) is 1. The van der Waals surface area contributed by atoms with Gasteiger partial charge < -0.3 is 10.1 Å². The predicted molar refractivity (Wildman–Crippen MR) is 75.7 cm³/mol. The van der Waals surface area contributed by atoms with Crippen LogP contribution in [0.25, 0.3) is 0 Å². The summed E-state index contributed by atoms with van der Waals surface area (Å²) in [5, 5.41) is 11.9. The maximum atomic E-state index is 8.43. The van der Waals surface area contributed by atoms with Gasteiger partial charge in [-0.3, -0.25) is 0 Å². The molecule has 0 heterocycles. The van der Waals surface area contributed by atoms with E-state index in [1.54, 1.807) is 0 Å². The largest absolute Gasteiger partial charge is 0.479 e. The lowest BCUT2D eigenvalue weighted by Gasteiger charge is -2.18. The van der Waals surface area contributed by atoms with Crippen molar-refractivity contribution in [3.63, 3.8) is 0 Å². The number of benzene rings is 1. The second-order valence-electron chi connectivity index (χ2n) is 4.87. The van der Waals surface area contributed by atoms with Crippen LogP contribution in [0.5, 0.6) is 5.75 Å². The Hall–Kier alpha value is -1.79. The van der Waals surface area contributed by atoms with Crippen molar-refractivity contribution in [1.82, 2.24) is 5.32 Å². The molecule has 3 heteroatoms. The van der Waals surface area contributed by atoms with E-state index in [1.807, 2.05) is 30.3 Å². The zero-order chi connectivity index (χ0) is 13.3. The highest BCUT2D eigenvalue weighted by Gasteiger charge is 2.08. The molecule has 0 saturated heterocycles. The predicted octanol–water partition coefficient (Wildman–Crippen LogP) is 3.03. The number of nitriles is 1. The molecule has 0 radical (unpaired) electrons. The fourth-order valence-electron chi connectivity index (χ4n) is 2.28. The summed E-state index contributed by atoms with van der Waals surface area (Å²) in [6.07, 6.45) is 8.28. The standard InChI is InChI=1S/C16H20N2O/c17-10-11-19-16-8-6-15(7-9-16)13-18-12-14-4-2-1-3-5-14/h1-2,6-9,14,18H,3-5,11-13H2. The van der Waals surface area contributed by atoms with Crippen molar-refractivity contribution in [3.8, 4) is 11.8 Å². The molecule has 0 amide bonds. The van der Waals surface area contributed by atoms with E-state index in [1.165, 1.54) is 24.8 Å². The normalized spacial score (nSPS) is 17.9. The lowest BCUT2D eigenvalue weighted by atomic mass is 9.94. The van der Waals surface area contributed by atoms with Crippen LogP contribution >= 0.6 is 0 Å². The molecule has 1 aromatic carbocycles. The Kier molecular flexibility index (Phi) is 5.46. The van der Waals surface area contributed by atoms with E-state index in [9.17, 15) is 0 Å². The van der Waals surface area contributed by atoms with E-state index in [4.69, 9.17) is 10.00 Å². The first-order valence-electron chi connectivity index (χ1n) is 6.83. The molecule has 100 valence electrons. The molecule has 1 N–H and O–H groups in total. The Balaban J connectivity index is 1.70. The summed E-state index contributed by atoms with van der Waals surface area (Å²) >= 11 is 0. The van der Waals surface area contributed by atoms with Gasteiger partial charge in [0.2, 0.25) is 0 Å². The molecule has 0 fully saturated rings. The molecule has 0 bridgehead atoms. The summed E-state index contributed by atoms with van der Waals surface area (Å²) in [5.74, 6) is 1.53. The molecule has 2 rings (SSSR count). The van der Waals surface area contributed by atoms with Crippen LogP contribution in [0.4, 0.5) is 0 Å². The highest BCUT2D eigenvalue weighted by atomic mass is 16.5. The van der Waals surface area contributed by atoms with Crippen LogP contribution in [0.1, 0.15) is 24.8 Å². The number of hydrogen-bond donors (Lipinski definition) is 1. The topological polar surface area (TPSA) is 45.0 Å². The molecule has 0 spiro atoms. The molecule has 0 saturated carbocycles. The van der Waals surface area contributed by atoms with Crippen LogP contribution < -0.4 is 10.1 Å². The molecule has 0 aliphatic heterocycles. The second kappa shape index (κ2) is 7.60. The van der Waals surface area contributed by atoms with Crippen LogP contribution in [0.15, 0.2) is 36.4 Å². The van der Waals surface area contributed by atoms with Gasteiger partial charge in [0, 0.05) is 6.54 Å². The summed E-state index contributed by atoms with van der Waals surface area (Å²) in [5.41, 5.74) is 1.25. The van der Waals surface area contributed by atoms with E-state index < -0.39 is 0 Å². The fourth-order valence-corrected chi connectivity index (χ4v) is 2.28. The second-order valence-corrected chi connectivity index (χ2v) is 4.87. The van der Waals surface area contributed by atoms with E-state index >= 15 is 0 Å². The molecule has 1 atom stereocenters. The zero-order valence-electron chi connectivity index (χ0n) is 11.1. The van der Waals surface area contributed by atoms with Crippen molar-refractivity contribution >= 4 is 0 Å². The minimum absolute atomic E-state index is 0.104. The third-order valence-corrected chi connectivity index (χ3v) is 3.37. The molecule has 19 heavy (non-hydrogen) atoms. The molecular weight excluding hydrogens is 236 g/mol. The maximum Gasteiger partial charge on any atom is 0.174 e. The SMILES string of the molecule is N#CCOc1ccc(CNCC2CC=CCC2)cc1. The first kappa shape index (κ1) is 13.6. The molecule has 1 unspecified atom stereocenters. The van der Waals surface area contributed by atoms with Crippen molar-refractivity contribution in [2.24, 2.45) is 5.92 Å². The molecule has 1 aromatic rings. The molecule has 3 nitrogen and oxygen atoms in total.